The van der Waals surface area contributed by atoms with Crippen LogP contribution in [0.1, 0.15) is 36.3 Å². The minimum Gasteiger partial charge on any atom is -0.364 e. The van der Waals surface area contributed by atoms with Crippen LogP contribution in [0.4, 0.5) is 0 Å². The molecule has 0 unspecified atom stereocenters. The molecule has 5 heteroatoms. The first-order chi connectivity index (χ1) is 7.85. The molecule has 94 valence electrons. The summed E-state index contributed by atoms with van der Waals surface area (Å²) >= 11 is 5.65. The van der Waals surface area contributed by atoms with Crippen LogP contribution < -0.4 is 10.7 Å². The molecule has 0 aliphatic heterocycles. The molecule has 0 atom stereocenters. The number of carbonyl (C=O) groups is 1. The fraction of sp³-hybridized carbons (Fsp3) is 0.500. The van der Waals surface area contributed by atoms with Crippen molar-refractivity contribution in [3.63, 3.8) is 0 Å². The van der Waals surface area contributed by atoms with E-state index in [2.05, 4.69) is 10.3 Å². The molecule has 0 spiro atoms. The van der Waals surface area contributed by atoms with Gasteiger partial charge in [0.1, 0.15) is 5.56 Å². The van der Waals surface area contributed by atoms with E-state index in [4.69, 9.17) is 11.6 Å². The van der Waals surface area contributed by atoms with E-state index < -0.39 is 5.54 Å². The fourth-order valence-electron chi connectivity index (χ4n) is 1.42. The van der Waals surface area contributed by atoms with Gasteiger partial charge >= 0.3 is 0 Å². The van der Waals surface area contributed by atoms with Crippen LogP contribution >= 0.6 is 11.6 Å². The molecule has 0 saturated heterocycles. The first-order valence-corrected chi connectivity index (χ1v) is 5.97. The summed E-state index contributed by atoms with van der Waals surface area (Å²) in [6.45, 7) is 5.51. The fourth-order valence-corrected chi connectivity index (χ4v) is 1.90. The largest absolute Gasteiger partial charge is 0.364 e. The zero-order chi connectivity index (χ0) is 13.1. The van der Waals surface area contributed by atoms with Gasteiger partial charge in [-0.3, -0.25) is 9.59 Å². The number of aryl methyl sites for hydroxylation is 1. The normalized spacial score (nSPS) is 11.3. The summed E-state index contributed by atoms with van der Waals surface area (Å²) in [5, 5.41) is 2.79. The van der Waals surface area contributed by atoms with E-state index >= 15 is 0 Å². The molecule has 4 nitrogen and oxygen atoms in total. The topological polar surface area (TPSA) is 62.0 Å². The zero-order valence-electron chi connectivity index (χ0n) is 10.3. The predicted molar refractivity (Wildman–Crippen MR) is 68.7 cm³/mol. The van der Waals surface area contributed by atoms with Gasteiger partial charge < -0.3 is 10.3 Å². The van der Waals surface area contributed by atoms with E-state index in [1.165, 1.54) is 12.3 Å². The number of amides is 1. The minimum absolute atomic E-state index is 0.123. The Hall–Kier alpha value is -1.29. The molecule has 1 aromatic heterocycles. The van der Waals surface area contributed by atoms with Crippen molar-refractivity contribution in [3.05, 3.63) is 33.7 Å². The lowest BCUT2D eigenvalue weighted by atomic mass is 10.0. The number of hydrogen-bond donors (Lipinski definition) is 2. The Kier molecular flexibility index (Phi) is 4.34. The zero-order valence-corrected chi connectivity index (χ0v) is 11.0. The van der Waals surface area contributed by atoms with Crippen LogP contribution in [0.5, 0.6) is 0 Å². The van der Waals surface area contributed by atoms with Crippen LogP contribution in [0.2, 0.25) is 0 Å². The Labute approximate surface area is 105 Å². The predicted octanol–water partition coefficient (Wildman–Crippen LogP) is 1.82. The van der Waals surface area contributed by atoms with E-state index in [1.807, 2.05) is 13.8 Å². The number of hydrogen-bond acceptors (Lipinski definition) is 2. The van der Waals surface area contributed by atoms with Gasteiger partial charge in [0.15, 0.2) is 5.43 Å². The van der Waals surface area contributed by atoms with E-state index in [9.17, 15) is 9.59 Å². The molecule has 17 heavy (non-hydrogen) atoms. The Balaban J connectivity index is 2.87. The Morgan fingerprint density at radius 2 is 2.18 bits per heavy atom. The molecule has 0 aromatic carbocycles. The highest BCUT2D eigenvalue weighted by Gasteiger charge is 2.21. The molecule has 1 rings (SSSR count). The molecule has 1 heterocycles. The van der Waals surface area contributed by atoms with Crippen LogP contribution in [0.25, 0.3) is 0 Å². The second kappa shape index (κ2) is 5.36. The lowest BCUT2D eigenvalue weighted by molar-refractivity contribution is 0.0910. The molecule has 0 aliphatic rings. The van der Waals surface area contributed by atoms with Gasteiger partial charge in [-0.05, 0) is 27.2 Å². The van der Waals surface area contributed by atoms with Crippen LogP contribution in [-0.2, 0) is 0 Å². The van der Waals surface area contributed by atoms with Crippen LogP contribution in [0.15, 0.2) is 17.1 Å². The number of aromatic nitrogens is 1. The van der Waals surface area contributed by atoms with Crippen LogP contribution in [0.3, 0.4) is 0 Å². The maximum atomic E-state index is 11.9. The number of aromatic amines is 1. The van der Waals surface area contributed by atoms with Gasteiger partial charge in [0.2, 0.25) is 0 Å². The molecule has 0 radical (unpaired) electrons. The summed E-state index contributed by atoms with van der Waals surface area (Å²) in [5.41, 5.74) is 0.154. The van der Waals surface area contributed by atoms with Gasteiger partial charge in [-0.25, -0.2) is 0 Å². The van der Waals surface area contributed by atoms with Crippen molar-refractivity contribution in [1.29, 1.82) is 0 Å². The molecule has 0 aliphatic carbocycles. The highest BCUT2D eigenvalue weighted by atomic mass is 35.5. The lowest BCUT2D eigenvalue weighted by Gasteiger charge is -2.25. The Bertz CT molecular complexity index is 466. The molecule has 0 fully saturated rings. The van der Waals surface area contributed by atoms with Crippen molar-refractivity contribution in [1.82, 2.24) is 10.3 Å². The van der Waals surface area contributed by atoms with Crippen molar-refractivity contribution < 1.29 is 4.79 Å². The van der Waals surface area contributed by atoms with Crippen LogP contribution in [-0.4, -0.2) is 22.3 Å². The summed E-state index contributed by atoms with van der Waals surface area (Å²) in [4.78, 5) is 26.4. The lowest BCUT2D eigenvalue weighted by Crippen LogP contribution is -2.45. The number of pyridine rings is 1. The van der Waals surface area contributed by atoms with Crippen molar-refractivity contribution in [3.8, 4) is 0 Å². The molecule has 0 bridgehead atoms. The third-order valence-corrected chi connectivity index (χ3v) is 2.66. The summed E-state index contributed by atoms with van der Waals surface area (Å²) in [6.07, 6.45) is 2.08. The van der Waals surface area contributed by atoms with Crippen molar-refractivity contribution >= 4 is 17.5 Å². The number of nitrogens with one attached hydrogen (secondary N) is 2. The van der Waals surface area contributed by atoms with Gasteiger partial charge in [0.05, 0.1) is 0 Å². The highest BCUT2D eigenvalue weighted by Crippen LogP contribution is 2.10. The quantitative estimate of drug-likeness (QED) is 0.808. The summed E-state index contributed by atoms with van der Waals surface area (Å²) in [7, 11) is 0. The van der Waals surface area contributed by atoms with Gasteiger partial charge in [-0.15, -0.1) is 11.6 Å². The standard InChI is InChI=1S/C12H17ClN2O2/c1-8-6-10(16)9(7-14-8)11(17)15-12(2,3)4-5-13/h6-7H,4-5H2,1-3H3,(H,14,16)(H,15,17). The summed E-state index contributed by atoms with van der Waals surface area (Å²) < 4.78 is 0. The van der Waals surface area contributed by atoms with Crippen molar-refractivity contribution in [2.45, 2.75) is 32.7 Å². The Morgan fingerprint density at radius 3 is 2.71 bits per heavy atom. The number of halogens is 1. The maximum Gasteiger partial charge on any atom is 0.257 e. The molecule has 1 amide bonds. The maximum absolute atomic E-state index is 11.9. The summed E-state index contributed by atoms with van der Waals surface area (Å²) in [6, 6.07) is 1.41. The second-order valence-electron chi connectivity index (χ2n) is 4.67. The minimum atomic E-state index is -0.420. The SMILES string of the molecule is Cc1cc(=O)c(C(=O)NC(C)(C)CCCl)c[nH]1. The highest BCUT2D eigenvalue weighted by molar-refractivity contribution is 6.17. The van der Waals surface area contributed by atoms with E-state index in [0.717, 1.165) is 5.69 Å². The first-order valence-electron chi connectivity index (χ1n) is 5.43. The second-order valence-corrected chi connectivity index (χ2v) is 5.05. The molecular formula is C12H17ClN2O2. The summed E-state index contributed by atoms with van der Waals surface area (Å²) in [5.74, 6) is 0.0822. The Morgan fingerprint density at radius 1 is 1.53 bits per heavy atom. The third-order valence-electron chi connectivity index (χ3n) is 2.47. The third kappa shape index (κ3) is 3.89. The van der Waals surface area contributed by atoms with Gasteiger partial charge in [0.25, 0.3) is 5.91 Å². The first kappa shape index (κ1) is 13.8. The molecule has 2 N–H and O–H groups in total. The van der Waals surface area contributed by atoms with Gasteiger partial charge in [0, 0.05) is 29.4 Å². The monoisotopic (exact) mass is 256 g/mol. The van der Waals surface area contributed by atoms with Crippen LogP contribution in [0, 0.1) is 6.92 Å². The number of alkyl halides is 1. The molecule has 1 aromatic rings. The number of H-pyrrole nitrogens is 1. The smallest absolute Gasteiger partial charge is 0.257 e. The van der Waals surface area contributed by atoms with Gasteiger partial charge in [-0.2, -0.15) is 0 Å². The number of carbonyl (C=O) groups excluding carboxylic acids is 1. The van der Waals surface area contributed by atoms with E-state index in [1.54, 1.807) is 6.92 Å². The average Bonchev–Trinajstić information content (AvgIpc) is 2.15. The van der Waals surface area contributed by atoms with E-state index in [-0.39, 0.29) is 16.9 Å². The van der Waals surface area contributed by atoms with Crippen molar-refractivity contribution in [2.75, 3.05) is 5.88 Å². The molecular weight excluding hydrogens is 240 g/mol. The van der Waals surface area contributed by atoms with Gasteiger partial charge in [-0.1, -0.05) is 0 Å². The average molecular weight is 257 g/mol. The molecule has 0 saturated carbocycles. The number of rotatable bonds is 4. The van der Waals surface area contributed by atoms with Crippen molar-refractivity contribution in [2.24, 2.45) is 0 Å². The van der Waals surface area contributed by atoms with E-state index in [0.29, 0.717) is 12.3 Å².